The van der Waals surface area contributed by atoms with Crippen LogP contribution in [0.25, 0.3) is 0 Å². The van der Waals surface area contributed by atoms with Gasteiger partial charge in [0.25, 0.3) is 0 Å². The van der Waals surface area contributed by atoms with E-state index in [1.54, 1.807) is 13.8 Å². The second-order valence-corrected chi connectivity index (χ2v) is 3.65. The molecule has 9 heteroatoms. The number of esters is 2. The zero-order valence-electron chi connectivity index (χ0n) is 12.4. The molecule has 1 aromatic heterocycles. The molecule has 7 nitrogen and oxygen atoms in total. The summed E-state index contributed by atoms with van der Waals surface area (Å²) in [6.07, 6.45) is 0. The zero-order valence-corrected chi connectivity index (χ0v) is 14.0. The highest BCUT2D eigenvalue weighted by Gasteiger charge is 2.17. The molecule has 0 aromatic carbocycles. The molecular weight excluding hydrogens is 335 g/mol. The Balaban J connectivity index is 0. The maximum atomic E-state index is 11.7. The number of pyridine rings is 1. The van der Waals surface area contributed by atoms with E-state index in [-0.39, 0.29) is 56.0 Å². The Morgan fingerprint density at radius 2 is 1.50 bits per heavy atom. The minimum absolute atomic E-state index is 0. The predicted molar refractivity (Wildman–Crippen MR) is 85.2 cm³/mol. The fourth-order valence-electron chi connectivity index (χ4n) is 1.38. The standard InChI is InChI=1S/C13H18N2O5.2ClH/c1-3-18-12(16)10-7-9(20-6-5-14)8-11(15-10)13(17)19-4-2;;/h7-8H,3-6,14H2,1-2H3;2*1H. The summed E-state index contributed by atoms with van der Waals surface area (Å²) in [4.78, 5) is 27.3. The Bertz CT molecular complexity index is 449. The van der Waals surface area contributed by atoms with Crippen molar-refractivity contribution in [3.63, 3.8) is 0 Å². The molecule has 2 N–H and O–H groups in total. The number of hydrogen-bond acceptors (Lipinski definition) is 7. The van der Waals surface area contributed by atoms with Crippen LogP contribution in [-0.4, -0.2) is 43.3 Å². The van der Waals surface area contributed by atoms with Gasteiger partial charge in [-0.15, -0.1) is 24.8 Å². The van der Waals surface area contributed by atoms with Gasteiger partial charge in [0, 0.05) is 18.7 Å². The van der Waals surface area contributed by atoms with Gasteiger partial charge >= 0.3 is 11.9 Å². The van der Waals surface area contributed by atoms with Crippen LogP contribution in [0.3, 0.4) is 0 Å². The third-order valence-corrected chi connectivity index (χ3v) is 2.15. The molecule has 1 rings (SSSR count). The first-order valence-corrected chi connectivity index (χ1v) is 6.31. The van der Waals surface area contributed by atoms with Gasteiger partial charge in [0.05, 0.1) is 13.2 Å². The molecule has 0 aliphatic heterocycles. The van der Waals surface area contributed by atoms with E-state index in [1.807, 2.05) is 0 Å². The highest BCUT2D eigenvalue weighted by molar-refractivity contribution is 5.92. The molecule has 0 saturated carbocycles. The van der Waals surface area contributed by atoms with Gasteiger partial charge in [-0.2, -0.15) is 0 Å². The van der Waals surface area contributed by atoms with Crippen molar-refractivity contribution < 1.29 is 23.8 Å². The van der Waals surface area contributed by atoms with E-state index in [2.05, 4.69) is 4.98 Å². The summed E-state index contributed by atoms with van der Waals surface area (Å²) in [5.74, 6) is -0.941. The van der Waals surface area contributed by atoms with Gasteiger partial charge in [-0.05, 0) is 13.8 Å². The van der Waals surface area contributed by atoms with E-state index in [0.29, 0.717) is 12.3 Å². The average molecular weight is 355 g/mol. The van der Waals surface area contributed by atoms with Gasteiger partial charge in [0.2, 0.25) is 0 Å². The van der Waals surface area contributed by atoms with Crippen LogP contribution in [0.1, 0.15) is 34.8 Å². The number of ether oxygens (including phenoxy) is 3. The summed E-state index contributed by atoms with van der Waals surface area (Å²) < 4.78 is 15.0. The first-order valence-electron chi connectivity index (χ1n) is 6.31. The Hall–Kier alpha value is -1.57. The van der Waals surface area contributed by atoms with Crippen LogP contribution >= 0.6 is 24.8 Å². The molecule has 0 atom stereocenters. The molecule has 0 fully saturated rings. The maximum absolute atomic E-state index is 11.7. The molecule has 0 unspecified atom stereocenters. The number of hydrogen-bond donors (Lipinski definition) is 1. The first kappa shape index (κ1) is 22.7. The van der Waals surface area contributed by atoms with Crippen molar-refractivity contribution in [2.24, 2.45) is 5.73 Å². The SMILES string of the molecule is CCOC(=O)c1cc(OCCN)cc(C(=O)OCC)n1.Cl.Cl. The Morgan fingerprint density at radius 1 is 1.05 bits per heavy atom. The summed E-state index contributed by atoms with van der Waals surface area (Å²) in [6.45, 7) is 4.35. The van der Waals surface area contributed by atoms with Crippen molar-refractivity contribution in [1.82, 2.24) is 4.98 Å². The van der Waals surface area contributed by atoms with E-state index in [9.17, 15) is 9.59 Å². The molecule has 22 heavy (non-hydrogen) atoms. The molecule has 0 bridgehead atoms. The summed E-state index contributed by atoms with van der Waals surface area (Å²) >= 11 is 0. The lowest BCUT2D eigenvalue weighted by atomic mass is 10.2. The lowest BCUT2D eigenvalue weighted by molar-refractivity contribution is 0.0510. The number of nitrogens with two attached hydrogens (primary N) is 1. The average Bonchev–Trinajstić information content (AvgIpc) is 2.45. The minimum Gasteiger partial charge on any atom is -0.492 e. The van der Waals surface area contributed by atoms with Crippen LogP contribution in [0, 0.1) is 0 Å². The van der Waals surface area contributed by atoms with Gasteiger partial charge in [-0.25, -0.2) is 14.6 Å². The molecule has 1 aromatic rings. The smallest absolute Gasteiger partial charge is 0.357 e. The molecule has 0 spiro atoms. The van der Waals surface area contributed by atoms with Crippen molar-refractivity contribution >= 4 is 36.8 Å². The fraction of sp³-hybridized carbons (Fsp3) is 0.462. The van der Waals surface area contributed by atoms with Crippen molar-refractivity contribution in [2.75, 3.05) is 26.4 Å². The Kier molecular flexibility index (Phi) is 12.4. The zero-order chi connectivity index (χ0) is 15.0. The second-order valence-electron chi connectivity index (χ2n) is 3.65. The van der Waals surface area contributed by atoms with Crippen LogP contribution in [0.4, 0.5) is 0 Å². The Morgan fingerprint density at radius 3 is 1.86 bits per heavy atom. The molecule has 126 valence electrons. The van der Waals surface area contributed by atoms with Gasteiger partial charge in [-0.1, -0.05) is 0 Å². The number of carbonyl (C=O) groups excluding carboxylic acids is 2. The summed E-state index contributed by atoms with van der Waals surface area (Å²) in [5.41, 5.74) is 5.32. The second kappa shape index (κ2) is 12.0. The number of carbonyl (C=O) groups is 2. The number of aromatic nitrogens is 1. The monoisotopic (exact) mass is 354 g/mol. The lowest BCUT2D eigenvalue weighted by Gasteiger charge is -2.09. The van der Waals surface area contributed by atoms with Crippen LogP contribution in [0.5, 0.6) is 5.75 Å². The van der Waals surface area contributed by atoms with E-state index in [0.717, 1.165) is 0 Å². The molecule has 0 aliphatic rings. The van der Waals surface area contributed by atoms with Crippen LogP contribution < -0.4 is 10.5 Å². The predicted octanol–water partition coefficient (Wildman–Crippen LogP) is 1.62. The van der Waals surface area contributed by atoms with Crippen LogP contribution in [0.15, 0.2) is 12.1 Å². The van der Waals surface area contributed by atoms with Crippen molar-refractivity contribution in [2.45, 2.75) is 13.8 Å². The topological polar surface area (TPSA) is 101 Å². The molecular formula is C13H20Cl2N2O5. The highest BCUT2D eigenvalue weighted by atomic mass is 35.5. The van der Waals surface area contributed by atoms with E-state index in [1.165, 1.54) is 12.1 Å². The molecule has 0 aliphatic carbocycles. The van der Waals surface area contributed by atoms with Gasteiger partial charge in [-0.3, -0.25) is 0 Å². The Labute approximate surface area is 141 Å². The van der Waals surface area contributed by atoms with E-state index >= 15 is 0 Å². The van der Waals surface area contributed by atoms with Gasteiger partial charge in [0.15, 0.2) is 11.4 Å². The quantitative estimate of drug-likeness (QED) is 0.742. The van der Waals surface area contributed by atoms with E-state index < -0.39 is 11.9 Å². The first-order chi connectivity index (χ1) is 9.62. The maximum Gasteiger partial charge on any atom is 0.357 e. The van der Waals surface area contributed by atoms with Gasteiger partial charge in [0.1, 0.15) is 12.4 Å². The molecule has 0 radical (unpaired) electrons. The number of nitrogens with zero attached hydrogens (tertiary/aromatic N) is 1. The van der Waals surface area contributed by atoms with Crippen molar-refractivity contribution in [1.29, 1.82) is 0 Å². The highest BCUT2D eigenvalue weighted by Crippen LogP contribution is 2.16. The normalized spacial score (nSPS) is 9.05. The van der Waals surface area contributed by atoms with Gasteiger partial charge < -0.3 is 19.9 Å². The summed E-state index contributed by atoms with van der Waals surface area (Å²) in [7, 11) is 0. The van der Waals surface area contributed by atoms with Crippen LogP contribution in [0.2, 0.25) is 0 Å². The van der Waals surface area contributed by atoms with Crippen molar-refractivity contribution in [3.05, 3.63) is 23.5 Å². The molecule has 1 heterocycles. The fourth-order valence-corrected chi connectivity index (χ4v) is 1.38. The number of halogens is 2. The molecule has 0 saturated heterocycles. The van der Waals surface area contributed by atoms with Crippen molar-refractivity contribution in [3.8, 4) is 5.75 Å². The largest absolute Gasteiger partial charge is 0.492 e. The summed E-state index contributed by atoms with van der Waals surface area (Å²) in [5, 5.41) is 0. The third kappa shape index (κ3) is 6.93. The molecule has 0 amide bonds. The van der Waals surface area contributed by atoms with Crippen LogP contribution in [-0.2, 0) is 9.47 Å². The minimum atomic E-state index is -0.628. The third-order valence-electron chi connectivity index (χ3n) is 2.15. The number of rotatable bonds is 7. The van der Waals surface area contributed by atoms with E-state index in [4.69, 9.17) is 19.9 Å². The lowest BCUT2D eigenvalue weighted by Crippen LogP contribution is -2.15. The summed E-state index contributed by atoms with van der Waals surface area (Å²) in [6, 6.07) is 2.80.